The summed E-state index contributed by atoms with van der Waals surface area (Å²) < 4.78 is 0. The fourth-order valence-electron chi connectivity index (χ4n) is 2.13. The van der Waals surface area contributed by atoms with Crippen LogP contribution in [0, 0.1) is 13.8 Å². The first-order chi connectivity index (χ1) is 9.54. The quantitative estimate of drug-likeness (QED) is 0.838. The van der Waals surface area contributed by atoms with Gasteiger partial charge < -0.3 is 11.1 Å². The molecule has 0 saturated heterocycles. The number of amides is 1. The zero-order valence-corrected chi connectivity index (χ0v) is 11.9. The normalized spacial score (nSPS) is 10.3. The van der Waals surface area contributed by atoms with E-state index < -0.39 is 0 Å². The summed E-state index contributed by atoms with van der Waals surface area (Å²) in [5.74, 6) is 0.0288. The molecule has 0 unspecified atom stereocenters. The number of anilines is 1. The zero-order valence-electron chi connectivity index (χ0n) is 11.9. The summed E-state index contributed by atoms with van der Waals surface area (Å²) >= 11 is 0. The molecule has 0 radical (unpaired) electrons. The van der Waals surface area contributed by atoms with E-state index in [1.54, 1.807) is 0 Å². The van der Waals surface area contributed by atoms with Gasteiger partial charge in [0, 0.05) is 12.2 Å². The topological polar surface area (TPSA) is 55.1 Å². The van der Waals surface area contributed by atoms with E-state index in [2.05, 4.69) is 23.5 Å². The third-order valence-corrected chi connectivity index (χ3v) is 3.30. The van der Waals surface area contributed by atoms with Crippen LogP contribution in [0.1, 0.15) is 22.3 Å². The van der Waals surface area contributed by atoms with Crippen molar-refractivity contribution in [1.29, 1.82) is 0 Å². The maximum Gasteiger partial charge on any atom is 0.224 e. The number of aryl methyl sites for hydroxylation is 2. The van der Waals surface area contributed by atoms with Crippen molar-refractivity contribution in [3.8, 4) is 0 Å². The Labute approximate surface area is 119 Å². The van der Waals surface area contributed by atoms with Crippen LogP contribution in [0.15, 0.2) is 42.5 Å². The van der Waals surface area contributed by atoms with Gasteiger partial charge in [0.15, 0.2) is 0 Å². The molecule has 0 fully saturated rings. The van der Waals surface area contributed by atoms with E-state index in [-0.39, 0.29) is 5.91 Å². The van der Waals surface area contributed by atoms with Gasteiger partial charge in [-0.15, -0.1) is 0 Å². The smallest absolute Gasteiger partial charge is 0.224 e. The Kier molecular flexibility index (Phi) is 4.41. The molecule has 3 heteroatoms. The molecule has 104 valence electrons. The zero-order chi connectivity index (χ0) is 14.5. The van der Waals surface area contributed by atoms with Crippen LogP contribution in [0.3, 0.4) is 0 Å². The SMILES string of the molecule is Cc1ccc(C)c(CC(=O)NCc2cccc(N)c2)c1. The molecule has 0 bridgehead atoms. The first-order valence-electron chi connectivity index (χ1n) is 6.72. The van der Waals surface area contributed by atoms with Crippen molar-refractivity contribution >= 4 is 11.6 Å². The van der Waals surface area contributed by atoms with Gasteiger partial charge in [-0.05, 0) is 42.7 Å². The Hall–Kier alpha value is -2.29. The minimum Gasteiger partial charge on any atom is -0.399 e. The number of hydrogen-bond acceptors (Lipinski definition) is 2. The molecule has 1 amide bonds. The first kappa shape index (κ1) is 14.1. The third kappa shape index (κ3) is 3.85. The highest BCUT2D eigenvalue weighted by Gasteiger charge is 2.06. The highest BCUT2D eigenvalue weighted by atomic mass is 16.1. The molecule has 0 aromatic heterocycles. The van der Waals surface area contributed by atoms with Gasteiger partial charge in [-0.2, -0.15) is 0 Å². The van der Waals surface area contributed by atoms with Gasteiger partial charge in [-0.3, -0.25) is 4.79 Å². The lowest BCUT2D eigenvalue weighted by atomic mass is 10.0. The van der Waals surface area contributed by atoms with Gasteiger partial charge in [0.1, 0.15) is 0 Å². The summed E-state index contributed by atoms with van der Waals surface area (Å²) in [7, 11) is 0. The van der Waals surface area contributed by atoms with Gasteiger partial charge >= 0.3 is 0 Å². The molecule has 2 aromatic rings. The van der Waals surface area contributed by atoms with Crippen LogP contribution < -0.4 is 11.1 Å². The monoisotopic (exact) mass is 268 g/mol. The van der Waals surface area contributed by atoms with Crippen LogP contribution in [0.25, 0.3) is 0 Å². The lowest BCUT2D eigenvalue weighted by Gasteiger charge is -2.09. The molecule has 3 N–H and O–H groups in total. The Balaban J connectivity index is 1.94. The van der Waals surface area contributed by atoms with Crippen LogP contribution in [0.5, 0.6) is 0 Å². The van der Waals surface area contributed by atoms with E-state index >= 15 is 0 Å². The summed E-state index contributed by atoms with van der Waals surface area (Å²) in [6.07, 6.45) is 0.413. The Morgan fingerprint density at radius 1 is 1.15 bits per heavy atom. The molecular formula is C17H20N2O. The fraction of sp³-hybridized carbons (Fsp3) is 0.235. The van der Waals surface area contributed by atoms with Gasteiger partial charge in [0.2, 0.25) is 5.91 Å². The maximum absolute atomic E-state index is 12.0. The first-order valence-corrected chi connectivity index (χ1v) is 6.72. The van der Waals surface area contributed by atoms with Gasteiger partial charge in [0.05, 0.1) is 6.42 Å². The summed E-state index contributed by atoms with van der Waals surface area (Å²) in [5, 5.41) is 2.93. The minimum absolute atomic E-state index is 0.0288. The van der Waals surface area contributed by atoms with Crippen LogP contribution in [0.2, 0.25) is 0 Å². The highest BCUT2D eigenvalue weighted by molar-refractivity contribution is 5.79. The Bertz CT molecular complexity index is 620. The predicted octanol–water partition coefficient (Wildman–Crippen LogP) is 2.74. The lowest BCUT2D eigenvalue weighted by molar-refractivity contribution is -0.120. The molecule has 0 aliphatic rings. The molecule has 2 aromatic carbocycles. The van der Waals surface area contributed by atoms with E-state index in [0.29, 0.717) is 18.7 Å². The van der Waals surface area contributed by atoms with Crippen molar-refractivity contribution in [3.05, 3.63) is 64.7 Å². The number of benzene rings is 2. The predicted molar refractivity (Wildman–Crippen MR) is 82.3 cm³/mol. The van der Waals surface area contributed by atoms with Crippen molar-refractivity contribution in [2.24, 2.45) is 0 Å². The molecular weight excluding hydrogens is 248 g/mol. The molecule has 20 heavy (non-hydrogen) atoms. The summed E-state index contributed by atoms with van der Waals surface area (Å²) in [6, 6.07) is 13.7. The summed E-state index contributed by atoms with van der Waals surface area (Å²) in [5.41, 5.74) is 10.8. The Morgan fingerprint density at radius 2 is 1.95 bits per heavy atom. The standard InChI is InChI=1S/C17H20N2O/c1-12-6-7-13(2)15(8-12)10-17(20)19-11-14-4-3-5-16(18)9-14/h3-9H,10-11,18H2,1-2H3,(H,19,20). The molecule has 0 saturated carbocycles. The van der Waals surface area contributed by atoms with Crippen LogP contribution in [-0.4, -0.2) is 5.91 Å². The summed E-state index contributed by atoms with van der Waals surface area (Å²) in [6.45, 7) is 4.57. The van der Waals surface area contributed by atoms with Crippen molar-refractivity contribution in [3.63, 3.8) is 0 Å². The second kappa shape index (κ2) is 6.24. The van der Waals surface area contributed by atoms with Crippen LogP contribution in [-0.2, 0) is 17.8 Å². The molecule has 0 atom stereocenters. The number of hydrogen-bond donors (Lipinski definition) is 2. The largest absolute Gasteiger partial charge is 0.399 e. The number of nitrogens with two attached hydrogens (primary N) is 1. The van der Waals surface area contributed by atoms with Gasteiger partial charge in [-0.25, -0.2) is 0 Å². The number of nitrogen functional groups attached to an aromatic ring is 1. The second-order valence-electron chi connectivity index (χ2n) is 5.13. The van der Waals surface area contributed by atoms with Crippen molar-refractivity contribution < 1.29 is 4.79 Å². The number of rotatable bonds is 4. The van der Waals surface area contributed by atoms with E-state index in [1.807, 2.05) is 38.1 Å². The maximum atomic E-state index is 12.0. The minimum atomic E-state index is 0.0288. The van der Waals surface area contributed by atoms with Crippen LogP contribution >= 0.6 is 0 Å². The van der Waals surface area contributed by atoms with Crippen LogP contribution in [0.4, 0.5) is 5.69 Å². The molecule has 0 aliphatic carbocycles. The number of carbonyl (C=O) groups excluding carboxylic acids is 1. The number of nitrogens with one attached hydrogen (secondary N) is 1. The average Bonchev–Trinajstić information content (AvgIpc) is 2.41. The average molecular weight is 268 g/mol. The lowest BCUT2D eigenvalue weighted by Crippen LogP contribution is -2.24. The van der Waals surface area contributed by atoms with Gasteiger partial charge in [0.25, 0.3) is 0 Å². The molecule has 0 heterocycles. The van der Waals surface area contributed by atoms with Gasteiger partial charge in [-0.1, -0.05) is 35.9 Å². The third-order valence-electron chi connectivity index (χ3n) is 3.30. The highest BCUT2D eigenvalue weighted by Crippen LogP contribution is 2.11. The van der Waals surface area contributed by atoms with Crippen molar-refractivity contribution in [2.45, 2.75) is 26.8 Å². The molecule has 0 spiro atoms. The van der Waals surface area contributed by atoms with Crippen molar-refractivity contribution in [1.82, 2.24) is 5.32 Å². The Morgan fingerprint density at radius 3 is 2.70 bits per heavy atom. The molecule has 2 rings (SSSR count). The molecule has 0 aliphatic heterocycles. The van der Waals surface area contributed by atoms with E-state index in [1.165, 1.54) is 5.56 Å². The molecule has 3 nitrogen and oxygen atoms in total. The second-order valence-corrected chi connectivity index (χ2v) is 5.13. The summed E-state index contributed by atoms with van der Waals surface area (Å²) in [4.78, 5) is 12.0. The number of carbonyl (C=O) groups is 1. The fourth-order valence-corrected chi connectivity index (χ4v) is 2.13. The van der Waals surface area contributed by atoms with E-state index in [0.717, 1.165) is 16.7 Å². The van der Waals surface area contributed by atoms with Crippen molar-refractivity contribution in [2.75, 3.05) is 5.73 Å². The van der Waals surface area contributed by atoms with E-state index in [4.69, 9.17) is 5.73 Å². The van der Waals surface area contributed by atoms with E-state index in [9.17, 15) is 4.79 Å².